The van der Waals surface area contributed by atoms with E-state index in [1.807, 2.05) is 31.2 Å². The molecule has 0 aromatic heterocycles. The number of benzene rings is 2. The van der Waals surface area contributed by atoms with E-state index in [2.05, 4.69) is 5.32 Å². The van der Waals surface area contributed by atoms with Crippen molar-refractivity contribution in [2.24, 2.45) is 5.92 Å². The van der Waals surface area contributed by atoms with Gasteiger partial charge in [0.2, 0.25) is 11.8 Å². The summed E-state index contributed by atoms with van der Waals surface area (Å²) >= 11 is 0. The van der Waals surface area contributed by atoms with E-state index in [9.17, 15) is 14.4 Å². The van der Waals surface area contributed by atoms with Gasteiger partial charge in [0.05, 0.1) is 12.5 Å². The van der Waals surface area contributed by atoms with E-state index < -0.39 is 11.9 Å². The fourth-order valence-corrected chi connectivity index (χ4v) is 3.13. The highest BCUT2D eigenvalue weighted by atomic mass is 16.5. The lowest BCUT2D eigenvalue weighted by Crippen LogP contribution is -2.28. The first kappa shape index (κ1) is 20.3. The molecule has 1 aliphatic heterocycles. The van der Waals surface area contributed by atoms with Crippen LogP contribution in [0.3, 0.4) is 0 Å². The fraction of sp³-hybridized carbons (Fsp3) is 0.261. The Hall–Kier alpha value is -3.41. The molecular weight excluding hydrogens is 368 g/mol. The smallest absolute Gasteiger partial charge is 0.330 e. The van der Waals surface area contributed by atoms with Crippen molar-refractivity contribution >= 4 is 35.2 Å². The second-order valence-corrected chi connectivity index (χ2v) is 6.94. The lowest BCUT2D eigenvalue weighted by Gasteiger charge is -2.17. The van der Waals surface area contributed by atoms with Crippen molar-refractivity contribution in [1.29, 1.82) is 0 Å². The maximum absolute atomic E-state index is 12.6. The highest BCUT2D eigenvalue weighted by Crippen LogP contribution is 2.26. The molecule has 1 aliphatic rings. The van der Waals surface area contributed by atoms with Gasteiger partial charge in [-0.3, -0.25) is 9.59 Å². The minimum absolute atomic E-state index is 0.0477. The minimum Gasteiger partial charge on any atom is -0.463 e. The summed E-state index contributed by atoms with van der Waals surface area (Å²) in [6.07, 6.45) is 3.21. The van der Waals surface area contributed by atoms with Crippen LogP contribution in [0, 0.1) is 12.8 Å². The number of hydrogen-bond donors (Lipinski definition) is 1. The van der Waals surface area contributed by atoms with E-state index in [1.54, 1.807) is 42.2 Å². The third-order valence-electron chi connectivity index (χ3n) is 4.72. The van der Waals surface area contributed by atoms with Gasteiger partial charge in [-0.2, -0.15) is 0 Å². The Labute approximate surface area is 170 Å². The molecule has 1 atom stereocenters. The Morgan fingerprint density at radius 1 is 1.14 bits per heavy atom. The Bertz CT molecular complexity index is 917. The molecule has 2 aromatic carbocycles. The van der Waals surface area contributed by atoms with Gasteiger partial charge in [-0.25, -0.2) is 4.79 Å². The Morgan fingerprint density at radius 3 is 2.48 bits per heavy atom. The zero-order chi connectivity index (χ0) is 20.8. The van der Waals surface area contributed by atoms with Crippen LogP contribution in [0.4, 0.5) is 11.4 Å². The molecule has 1 unspecified atom stereocenters. The van der Waals surface area contributed by atoms with Crippen LogP contribution in [-0.4, -0.2) is 30.9 Å². The van der Waals surface area contributed by atoms with Gasteiger partial charge >= 0.3 is 5.97 Å². The Morgan fingerprint density at radius 2 is 1.83 bits per heavy atom. The van der Waals surface area contributed by atoms with Crippen molar-refractivity contribution in [2.45, 2.75) is 20.3 Å². The second-order valence-electron chi connectivity index (χ2n) is 6.94. The van der Waals surface area contributed by atoms with Gasteiger partial charge in [0.15, 0.2) is 0 Å². The van der Waals surface area contributed by atoms with E-state index in [1.165, 1.54) is 6.08 Å². The monoisotopic (exact) mass is 392 g/mol. The molecule has 150 valence electrons. The quantitative estimate of drug-likeness (QED) is 0.602. The maximum Gasteiger partial charge on any atom is 0.330 e. The third-order valence-corrected chi connectivity index (χ3v) is 4.72. The van der Waals surface area contributed by atoms with E-state index in [0.717, 1.165) is 16.8 Å². The van der Waals surface area contributed by atoms with Crippen LogP contribution in [0.1, 0.15) is 24.5 Å². The summed E-state index contributed by atoms with van der Waals surface area (Å²) in [6, 6.07) is 14.8. The van der Waals surface area contributed by atoms with Gasteiger partial charge in [0.1, 0.15) is 0 Å². The van der Waals surface area contributed by atoms with Gasteiger partial charge in [-0.15, -0.1) is 0 Å². The van der Waals surface area contributed by atoms with E-state index >= 15 is 0 Å². The Kier molecular flexibility index (Phi) is 6.44. The molecule has 29 heavy (non-hydrogen) atoms. The SMILES string of the molecule is CCOC(=O)C=Cc1ccc(NC(=O)C2CC(=O)N(c3ccc(C)cc3)C2)cc1. The number of aryl methyl sites for hydroxylation is 1. The van der Waals surface area contributed by atoms with E-state index in [-0.39, 0.29) is 18.2 Å². The molecule has 3 rings (SSSR count). The van der Waals surface area contributed by atoms with Crippen molar-refractivity contribution in [3.8, 4) is 0 Å². The normalized spacial score (nSPS) is 16.3. The maximum atomic E-state index is 12.6. The number of hydrogen-bond acceptors (Lipinski definition) is 4. The zero-order valence-electron chi connectivity index (χ0n) is 16.6. The van der Waals surface area contributed by atoms with Crippen molar-refractivity contribution in [2.75, 3.05) is 23.4 Å². The molecule has 0 bridgehead atoms. The molecule has 0 saturated carbocycles. The van der Waals surface area contributed by atoms with Crippen molar-refractivity contribution < 1.29 is 19.1 Å². The van der Waals surface area contributed by atoms with Crippen LogP contribution in [-0.2, 0) is 19.1 Å². The number of ether oxygens (including phenoxy) is 1. The predicted molar refractivity (Wildman–Crippen MR) is 112 cm³/mol. The summed E-state index contributed by atoms with van der Waals surface area (Å²) in [6.45, 7) is 4.44. The first-order chi connectivity index (χ1) is 14.0. The number of anilines is 2. The summed E-state index contributed by atoms with van der Waals surface area (Å²) in [5, 5.41) is 2.86. The van der Waals surface area contributed by atoms with Crippen LogP contribution >= 0.6 is 0 Å². The minimum atomic E-state index is -0.396. The number of rotatable bonds is 6. The van der Waals surface area contributed by atoms with Crippen LogP contribution in [0.15, 0.2) is 54.6 Å². The van der Waals surface area contributed by atoms with Gasteiger partial charge < -0.3 is 15.0 Å². The summed E-state index contributed by atoms with van der Waals surface area (Å²) in [7, 11) is 0. The molecule has 6 nitrogen and oxygen atoms in total. The molecule has 6 heteroatoms. The lowest BCUT2D eigenvalue weighted by atomic mass is 10.1. The standard InChI is InChI=1S/C23H24N2O4/c1-3-29-22(27)13-8-17-6-9-19(10-7-17)24-23(28)18-14-21(26)25(15-18)20-11-4-16(2)5-12-20/h4-13,18H,3,14-15H2,1-2H3,(H,24,28). The Balaban J connectivity index is 1.58. The molecular formula is C23H24N2O4. The zero-order valence-corrected chi connectivity index (χ0v) is 16.6. The molecule has 1 fully saturated rings. The van der Waals surface area contributed by atoms with Crippen molar-refractivity contribution in [1.82, 2.24) is 0 Å². The average molecular weight is 392 g/mol. The van der Waals surface area contributed by atoms with Gasteiger partial charge in [0, 0.05) is 30.4 Å². The molecule has 1 saturated heterocycles. The molecule has 2 amide bonds. The first-order valence-corrected chi connectivity index (χ1v) is 9.59. The average Bonchev–Trinajstić information content (AvgIpc) is 3.10. The highest BCUT2D eigenvalue weighted by Gasteiger charge is 2.35. The topological polar surface area (TPSA) is 75.7 Å². The van der Waals surface area contributed by atoms with Crippen LogP contribution < -0.4 is 10.2 Å². The van der Waals surface area contributed by atoms with Crippen LogP contribution in [0.5, 0.6) is 0 Å². The molecule has 0 aliphatic carbocycles. The van der Waals surface area contributed by atoms with Crippen LogP contribution in [0.25, 0.3) is 6.08 Å². The second kappa shape index (κ2) is 9.19. The molecule has 1 N–H and O–H groups in total. The molecule has 0 spiro atoms. The van der Waals surface area contributed by atoms with Crippen LogP contribution in [0.2, 0.25) is 0 Å². The summed E-state index contributed by atoms with van der Waals surface area (Å²) in [5.74, 6) is -1.02. The van der Waals surface area contributed by atoms with Gasteiger partial charge in [0.25, 0.3) is 0 Å². The van der Waals surface area contributed by atoms with E-state index in [4.69, 9.17) is 4.74 Å². The highest BCUT2D eigenvalue weighted by molar-refractivity contribution is 6.03. The number of nitrogens with one attached hydrogen (secondary N) is 1. The summed E-state index contributed by atoms with van der Waals surface area (Å²) in [5.41, 5.74) is 3.39. The number of carbonyl (C=O) groups excluding carboxylic acids is 3. The summed E-state index contributed by atoms with van der Waals surface area (Å²) in [4.78, 5) is 38.0. The van der Waals surface area contributed by atoms with Gasteiger partial charge in [-0.1, -0.05) is 29.8 Å². The largest absolute Gasteiger partial charge is 0.463 e. The lowest BCUT2D eigenvalue weighted by molar-refractivity contribution is -0.137. The van der Waals surface area contributed by atoms with Crippen molar-refractivity contribution in [3.63, 3.8) is 0 Å². The molecule has 0 radical (unpaired) electrons. The van der Waals surface area contributed by atoms with Crippen molar-refractivity contribution in [3.05, 3.63) is 65.7 Å². The fourth-order valence-electron chi connectivity index (χ4n) is 3.13. The molecule has 1 heterocycles. The first-order valence-electron chi connectivity index (χ1n) is 9.59. The van der Waals surface area contributed by atoms with Gasteiger partial charge in [-0.05, 0) is 49.8 Å². The number of esters is 1. The molecule has 2 aromatic rings. The van der Waals surface area contributed by atoms with E-state index in [0.29, 0.717) is 18.8 Å². The number of nitrogens with zero attached hydrogens (tertiary/aromatic N) is 1. The predicted octanol–water partition coefficient (Wildman–Crippen LogP) is 3.56. The number of amides is 2. The third kappa shape index (κ3) is 5.31. The summed E-state index contributed by atoms with van der Waals surface area (Å²) < 4.78 is 4.84. The number of carbonyl (C=O) groups is 3.